The summed E-state index contributed by atoms with van der Waals surface area (Å²) in [7, 11) is -3.19. The molecule has 29 heavy (non-hydrogen) atoms. The van der Waals surface area contributed by atoms with Crippen LogP contribution < -0.4 is 5.32 Å². The Kier molecular flexibility index (Phi) is 4.59. The van der Waals surface area contributed by atoms with Crippen LogP contribution in [0.15, 0.2) is 60.7 Å². The van der Waals surface area contributed by atoms with Gasteiger partial charge < -0.3 is 5.32 Å². The van der Waals surface area contributed by atoms with Crippen LogP contribution in [0, 0.1) is 6.92 Å². The van der Waals surface area contributed by atoms with Crippen LogP contribution in [0.2, 0.25) is 0 Å². The van der Waals surface area contributed by atoms with Crippen molar-refractivity contribution in [3.8, 4) is 11.1 Å². The highest BCUT2D eigenvalue weighted by atomic mass is 32.2. The van der Waals surface area contributed by atoms with Crippen molar-refractivity contribution in [2.75, 3.05) is 11.6 Å². The molecule has 146 valence electrons. The first-order valence-corrected chi connectivity index (χ1v) is 11.2. The quantitative estimate of drug-likeness (QED) is 0.556. The second-order valence-corrected chi connectivity index (χ2v) is 9.39. The molecule has 0 atom stereocenters. The minimum Gasteiger partial charge on any atom is -0.322 e. The van der Waals surface area contributed by atoms with E-state index in [0.717, 1.165) is 11.1 Å². The summed E-state index contributed by atoms with van der Waals surface area (Å²) in [4.78, 5) is 25.5. The first-order chi connectivity index (χ1) is 13.7. The Bertz CT molecular complexity index is 1280. The Morgan fingerprint density at radius 3 is 2.31 bits per heavy atom. The van der Waals surface area contributed by atoms with Crippen molar-refractivity contribution in [2.24, 2.45) is 0 Å². The molecule has 6 heteroatoms. The summed E-state index contributed by atoms with van der Waals surface area (Å²) in [5.41, 5.74) is 5.13. The van der Waals surface area contributed by atoms with E-state index >= 15 is 0 Å². The normalized spacial score (nSPS) is 12.4. The molecule has 0 bridgehead atoms. The van der Waals surface area contributed by atoms with Gasteiger partial charge in [0.25, 0.3) is 5.91 Å². The minimum atomic E-state index is -3.19. The summed E-state index contributed by atoms with van der Waals surface area (Å²) >= 11 is 0. The number of benzene rings is 3. The van der Waals surface area contributed by atoms with Crippen molar-refractivity contribution in [1.82, 2.24) is 0 Å². The number of anilines is 1. The van der Waals surface area contributed by atoms with Crippen molar-refractivity contribution >= 4 is 27.2 Å². The molecular formula is C23H19NO4S. The number of sulfone groups is 1. The van der Waals surface area contributed by atoms with Crippen LogP contribution >= 0.6 is 0 Å². The molecule has 5 nitrogen and oxygen atoms in total. The first kappa shape index (κ1) is 19.1. The van der Waals surface area contributed by atoms with Gasteiger partial charge in [-0.15, -0.1) is 0 Å². The molecule has 0 aliphatic heterocycles. The molecule has 1 aliphatic rings. The van der Waals surface area contributed by atoms with Gasteiger partial charge >= 0.3 is 0 Å². The standard InChI is InChI=1S/C23H19NO4S/c1-14-16(13-29(2,27)28)6-5-9-21(14)24-23(26)15-10-11-18-17-7-3-4-8-19(17)22(25)20(18)12-15/h3-12H,13H2,1-2H3,(H,24,26). The summed E-state index contributed by atoms with van der Waals surface area (Å²) in [6, 6.07) is 17.7. The van der Waals surface area contributed by atoms with E-state index in [1.54, 1.807) is 49.4 Å². The lowest BCUT2D eigenvalue weighted by atomic mass is 10.0. The molecule has 0 heterocycles. The van der Waals surface area contributed by atoms with Crippen molar-refractivity contribution < 1.29 is 18.0 Å². The van der Waals surface area contributed by atoms with Crippen LogP contribution in [0.25, 0.3) is 11.1 Å². The number of nitrogens with one attached hydrogen (secondary N) is 1. The molecule has 1 aliphatic carbocycles. The average Bonchev–Trinajstić information content (AvgIpc) is 2.96. The smallest absolute Gasteiger partial charge is 0.255 e. The second-order valence-electron chi connectivity index (χ2n) is 7.25. The largest absolute Gasteiger partial charge is 0.322 e. The fraction of sp³-hybridized carbons (Fsp3) is 0.130. The van der Waals surface area contributed by atoms with Gasteiger partial charge in [0, 0.05) is 28.6 Å². The number of carbonyl (C=O) groups is 2. The Balaban J connectivity index is 1.63. The molecular weight excluding hydrogens is 386 g/mol. The first-order valence-electron chi connectivity index (χ1n) is 9.10. The van der Waals surface area contributed by atoms with Crippen LogP contribution in [-0.4, -0.2) is 26.4 Å². The van der Waals surface area contributed by atoms with E-state index in [9.17, 15) is 18.0 Å². The Morgan fingerprint density at radius 2 is 1.59 bits per heavy atom. The third-order valence-electron chi connectivity index (χ3n) is 5.10. The Hall–Kier alpha value is -3.25. The van der Waals surface area contributed by atoms with Gasteiger partial charge in [-0.3, -0.25) is 9.59 Å². The van der Waals surface area contributed by atoms with Gasteiger partial charge in [0.2, 0.25) is 0 Å². The van der Waals surface area contributed by atoms with Gasteiger partial charge in [-0.2, -0.15) is 0 Å². The zero-order valence-corrected chi connectivity index (χ0v) is 16.8. The highest BCUT2D eigenvalue weighted by molar-refractivity contribution is 7.89. The molecule has 0 spiro atoms. The van der Waals surface area contributed by atoms with E-state index in [2.05, 4.69) is 5.32 Å². The SMILES string of the molecule is Cc1c(CS(C)(=O)=O)cccc1NC(=O)c1ccc2c(c1)C(=O)c1ccccc1-2. The van der Waals surface area contributed by atoms with Crippen molar-refractivity contribution in [1.29, 1.82) is 0 Å². The molecule has 0 saturated carbocycles. The lowest BCUT2D eigenvalue weighted by molar-refractivity contribution is 0.102. The molecule has 3 aromatic carbocycles. The van der Waals surface area contributed by atoms with E-state index in [-0.39, 0.29) is 17.4 Å². The number of carbonyl (C=O) groups excluding carboxylic acids is 2. The van der Waals surface area contributed by atoms with Crippen LogP contribution in [0.5, 0.6) is 0 Å². The maximum Gasteiger partial charge on any atom is 0.255 e. The third-order valence-corrected chi connectivity index (χ3v) is 5.94. The zero-order chi connectivity index (χ0) is 20.8. The number of hydrogen-bond donors (Lipinski definition) is 1. The van der Waals surface area contributed by atoms with Crippen LogP contribution in [0.4, 0.5) is 5.69 Å². The van der Waals surface area contributed by atoms with E-state index in [0.29, 0.717) is 33.5 Å². The average molecular weight is 405 g/mol. The van der Waals surface area contributed by atoms with Crippen molar-refractivity contribution in [3.63, 3.8) is 0 Å². The molecule has 0 radical (unpaired) electrons. The molecule has 0 saturated heterocycles. The van der Waals surface area contributed by atoms with Gasteiger partial charge in [-0.25, -0.2) is 8.42 Å². The Labute approximate surface area is 169 Å². The third kappa shape index (κ3) is 3.59. The number of ketones is 1. The van der Waals surface area contributed by atoms with Crippen molar-refractivity contribution in [2.45, 2.75) is 12.7 Å². The molecule has 3 aromatic rings. The second kappa shape index (κ2) is 6.97. The fourth-order valence-corrected chi connectivity index (χ4v) is 4.50. The predicted octanol–water partition coefficient (Wildman–Crippen LogP) is 4.00. The minimum absolute atomic E-state index is 0.0865. The summed E-state index contributed by atoms with van der Waals surface area (Å²) < 4.78 is 23.2. The van der Waals surface area contributed by atoms with Crippen LogP contribution in [0.3, 0.4) is 0 Å². The maximum absolute atomic E-state index is 12.8. The lowest BCUT2D eigenvalue weighted by Gasteiger charge is -2.12. The predicted molar refractivity (Wildman–Crippen MR) is 113 cm³/mol. The van der Waals surface area contributed by atoms with Gasteiger partial charge in [-0.05, 0) is 47.4 Å². The molecule has 0 aromatic heterocycles. The molecule has 4 rings (SSSR count). The van der Waals surface area contributed by atoms with Gasteiger partial charge in [0.05, 0.1) is 5.75 Å². The zero-order valence-electron chi connectivity index (χ0n) is 16.0. The van der Waals surface area contributed by atoms with Gasteiger partial charge in [0.1, 0.15) is 0 Å². The summed E-state index contributed by atoms with van der Waals surface area (Å²) in [6.45, 7) is 1.78. The van der Waals surface area contributed by atoms with E-state index in [1.165, 1.54) is 6.26 Å². The topological polar surface area (TPSA) is 80.3 Å². The van der Waals surface area contributed by atoms with Crippen molar-refractivity contribution in [3.05, 3.63) is 88.5 Å². The van der Waals surface area contributed by atoms with E-state index in [4.69, 9.17) is 0 Å². The summed E-state index contributed by atoms with van der Waals surface area (Å²) in [6.07, 6.45) is 1.18. The highest BCUT2D eigenvalue weighted by Crippen LogP contribution is 2.36. The highest BCUT2D eigenvalue weighted by Gasteiger charge is 2.27. The van der Waals surface area contributed by atoms with E-state index in [1.807, 2.05) is 18.2 Å². The molecule has 1 N–H and O–H groups in total. The number of hydrogen-bond acceptors (Lipinski definition) is 4. The summed E-state index contributed by atoms with van der Waals surface area (Å²) in [5, 5.41) is 2.83. The molecule has 0 fully saturated rings. The Morgan fingerprint density at radius 1 is 0.897 bits per heavy atom. The fourth-order valence-electron chi connectivity index (χ4n) is 3.62. The number of rotatable bonds is 4. The monoisotopic (exact) mass is 405 g/mol. The molecule has 0 unspecified atom stereocenters. The molecule has 1 amide bonds. The van der Waals surface area contributed by atoms with Gasteiger partial charge in [0.15, 0.2) is 15.6 Å². The lowest BCUT2D eigenvalue weighted by Crippen LogP contribution is -2.14. The van der Waals surface area contributed by atoms with Crippen LogP contribution in [-0.2, 0) is 15.6 Å². The van der Waals surface area contributed by atoms with Crippen LogP contribution in [0.1, 0.15) is 37.4 Å². The van der Waals surface area contributed by atoms with Gasteiger partial charge in [-0.1, -0.05) is 42.5 Å². The number of fused-ring (bicyclic) bond motifs is 3. The van der Waals surface area contributed by atoms with E-state index < -0.39 is 9.84 Å². The maximum atomic E-state index is 12.8. The number of amides is 1. The summed E-state index contributed by atoms with van der Waals surface area (Å²) in [5.74, 6) is -0.526.